The zero-order valence-corrected chi connectivity index (χ0v) is 14.1. The number of hydrogen-bond acceptors (Lipinski definition) is 6. The van der Waals surface area contributed by atoms with Crippen molar-refractivity contribution in [2.24, 2.45) is 0 Å². The molecule has 0 aromatic carbocycles. The van der Waals surface area contributed by atoms with Gasteiger partial charge in [-0.15, -0.1) is 0 Å². The van der Waals surface area contributed by atoms with E-state index in [1.54, 1.807) is 18.6 Å². The highest BCUT2D eigenvalue weighted by Gasteiger charge is 2.16. The minimum absolute atomic E-state index is 0.270. The maximum atomic E-state index is 5.66. The van der Waals surface area contributed by atoms with Crippen LogP contribution in [0, 0.1) is 6.92 Å². The van der Waals surface area contributed by atoms with E-state index in [9.17, 15) is 0 Å². The van der Waals surface area contributed by atoms with Crippen LogP contribution in [-0.4, -0.2) is 37.4 Å². The van der Waals surface area contributed by atoms with E-state index in [-0.39, 0.29) is 6.10 Å². The van der Waals surface area contributed by atoms with Crippen molar-refractivity contribution in [2.75, 3.05) is 11.9 Å². The fourth-order valence-corrected chi connectivity index (χ4v) is 2.97. The molecular formula is C18H20N6O. The van der Waals surface area contributed by atoms with Gasteiger partial charge in [-0.3, -0.25) is 9.67 Å². The number of aromatic nitrogens is 5. The van der Waals surface area contributed by atoms with Gasteiger partial charge in [-0.25, -0.2) is 9.97 Å². The molecular weight excluding hydrogens is 316 g/mol. The van der Waals surface area contributed by atoms with Crippen LogP contribution in [0.1, 0.15) is 18.7 Å². The molecule has 0 bridgehead atoms. The lowest BCUT2D eigenvalue weighted by molar-refractivity contribution is 0.0940. The van der Waals surface area contributed by atoms with Gasteiger partial charge in [-0.2, -0.15) is 5.10 Å². The van der Waals surface area contributed by atoms with Gasteiger partial charge in [-0.05, 0) is 31.9 Å². The Morgan fingerprint density at radius 3 is 3.08 bits per heavy atom. The summed E-state index contributed by atoms with van der Waals surface area (Å²) < 4.78 is 7.57. The summed E-state index contributed by atoms with van der Waals surface area (Å²) in [6.07, 6.45) is 9.83. The van der Waals surface area contributed by atoms with Crippen LogP contribution in [0.4, 0.5) is 11.5 Å². The molecule has 0 amide bonds. The van der Waals surface area contributed by atoms with Crippen molar-refractivity contribution < 1.29 is 4.74 Å². The second-order valence-corrected chi connectivity index (χ2v) is 6.14. The molecule has 1 atom stereocenters. The van der Waals surface area contributed by atoms with Crippen LogP contribution < -0.4 is 5.32 Å². The van der Waals surface area contributed by atoms with Crippen LogP contribution in [0.25, 0.3) is 11.3 Å². The van der Waals surface area contributed by atoms with E-state index in [0.29, 0.717) is 5.82 Å². The third-order valence-electron chi connectivity index (χ3n) is 4.12. The highest BCUT2D eigenvalue weighted by molar-refractivity contribution is 5.64. The van der Waals surface area contributed by atoms with Crippen molar-refractivity contribution in [3.05, 3.63) is 48.8 Å². The van der Waals surface area contributed by atoms with Crippen molar-refractivity contribution in [3.8, 4) is 11.3 Å². The van der Waals surface area contributed by atoms with Crippen molar-refractivity contribution in [1.29, 1.82) is 0 Å². The highest BCUT2D eigenvalue weighted by Crippen LogP contribution is 2.21. The number of pyridine rings is 1. The SMILES string of the molecule is Cc1nc(Nc2cnn(CC3CCCO3)c2)cc(-c2cccnc2)n1. The zero-order chi connectivity index (χ0) is 17.1. The number of hydrogen-bond donors (Lipinski definition) is 1. The summed E-state index contributed by atoms with van der Waals surface area (Å²) in [6, 6.07) is 5.80. The molecule has 7 nitrogen and oxygen atoms in total. The van der Waals surface area contributed by atoms with Gasteiger partial charge in [0.05, 0.1) is 30.2 Å². The summed E-state index contributed by atoms with van der Waals surface area (Å²) in [4.78, 5) is 13.1. The van der Waals surface area contributed by atoms with Gasteiger partial charge >= 0.3 is 0 Å². The van der Waals surface area contributed by atoms with E-state index in [0.717, 1.165) is 48.8 Å². The fourth-order valence-electron chi connectivity index (χ4n) is 2.97. The molecule has 0 aliphatic carbocycles. The van der Waals surface area contributed by atoms with E-state index in [1.165, 1.54) is 0 Å². The summed E-state index contributed by atoms with van der Waals surface area (Å²) in [5, 5.41) is 7.70. The number of nitrogens with zero attached hydrogens (tertiary/aromatic N) is 5. The van der Waals surface area contributed by atoms with Gasteiger partial charge in [0.15, 0.2) is 0 Å². The quantitative estimate of drug-likeness (QED) is 0.772. The number of anilines is 2. The van der Waals surface area contributed by atoms with Crippen molar-refractivity contribution in [2.45, 2.75) is 32.4 Å². The van der Waals surface area contributed by atoms with Gasteiger partial charge in [0.1, 0.15) is 11.6 Å². The lowest BCUT2D eigenvalue weighted by Gasteiger charge is -2.09. The Morgan fingerprint density at radius 1 is 1.32 bits per heavy atom. The van der Waals surface area contributed by atoms with E-state index in [1.807, 2.05) is 36.0 Å². The predicted octanol–water partition coefficient (Wildman–Crippen LogP) is 2.97. The van der Waals surface area contributed by atoms with Crippen LogP contribution in [0.15, 0.2) is 43.0 Å². The number of nitrogens with one attached hydrogen (secondary N) is 1. The van der Waals surface area contributed by atoms with Crippen LogP contribution >= 0.6 is 0 Å². The Kier molecular flexibility index (Phi) is 4.39. The first-order valence-corrected chi connectivity index (χ1v) is 8.43. The van der Waals surface area contributed by atoms with Crippen molar-refractivity contribution in [3.63, 3.8) is 0 Å². The molecule has 0 saturated carbocycles. The van der Waals surface area contributed by atoms with Crippen LogP contribution in [0.5, 0.6) is 0 Å². The summed E-state index contributed by atoms with van der Waals surface area (Å²) in [5.74, 6) is 1.44. The first-order chi connectivity index (χ1) is 12.3. The molecule has 25 heavy (non-hydrogen) atoms. The highest BCUT2D eigenvalue weighted by atomic mass is 16.5. The van der Waals surface area contributed by atoms with Gasteiger partial charge in [-0.1, -0.05) is 0 Å². The van der Waals surface area contributed by atoms with Crippen LogP contribution in [0.2, 0.25) is 0 Å². The molecule has 0 spiro atoms. The number of rotatable bonds is 5. The molecule has 0 radical (unpaired) electrons. The van der Waals surface area contributed by atoms with Gasteiger partial charge in [0.2, 0.25) is 0 Å². The van der Waals surface area contributed by atoms with Gasteiger partial charge in [0, 0.05) is 36.8 Å². The van der Waals surface area contributed by atoms with Crippen LogP contribution in [0.3, 0.4) is 0 Å². The van der Waals surface area contributed by atoms with E-state index >= 15 is 0 Å². The van der Waals surface area contributed by atoms with Crippen molar-refractivity contribution >= 4 is 11.5 Å². The molecule has 1 saturated heterocycles. The van der Waals surface area contributed by atoms with Gasteiger partial charge in [0.25, 0.3) is 0 Å². The standard InChI is InChI=1S/C18H20N6O/c1-13-21-17(14-4-2-6-19-9-14)8-18(22-13)23-15-10-20-24(11-15)12-16-5-3-7-25-16/h2,4,6,8-11,16H,3,5,7,12H2,1H3,(H,21,22,23). The maximum absolute atomic E-state index is 5.66. The molecule has 3 aromatic heterocycles. The average Bonchev–Trinajstić information content (AvgIpc) is 3.28. The number of aryl methyl sites for hydroxylation is 1. The van der Waals surface area contributed by atoms with E-state index < -0.39 is 0 Å². The molecule has 1 aliphatic heterocycles. The molecule has 1 fully saturated rings. The largest absolute Gasteiger partial charge is 0.376 e. The van der Waals surface area contributed by atoms with Crippen LogP contribution in [-0.2, 0) is 11.3 Å². The third-order valence-corrected chi connectivity index (χ3v) is 4.12. The Labute approximate surface area is 146 Å². The van der Waals surface area contributed by atoms with E-state index in [4.69, 9.17) is 4.74 Å². The Morgan fingerprint density at radius 2 is 2.28 bits per heavy atom. The van der Waals surface area contributed by atoms with Gasteiger partial charge < -0.3 is 10.1 Å². The molecule has 7 heteroatoms. The molecule has 3 aromatic rings. The average molecular weight is 336 g/mol. The second kappa shape index (κ2) is 6.98. The number of ether oxygens (including phenoxy) is 1. The first-order valence-electron chi connectivity index (χ1n) is 8.43. The molecule has 4 rings (SSSR count). The summed E-state index contributed by atoms with van der Waals surface area (Å²) >= 11 is 0. The third kappa shape index (κ3) is 3.83. The van der Waals surface area contributed by atoms with Crippen molar-refractivity contribution in [1.82, 2.24) is 24.7 Å². The second-order valence-electron chi connectivity index (χ2n) is 6.14. The van der Waals surface area contributed by atoms with E-state index in [2.05, 4.69) is 25.4 Å². The summed E-state index contributed by atoms with van der Waals surface area (Å²) in [5.41, 5.74) is 2.70. The lowest BCUT2D eigenvalue weighted by Crippen LogP contribution is -2.15. The first kappa shape index (κ1) is 15.7. The Balaban J connectivity index is 1.51. The molecule has 1 aliphatic rings. The Hall–Kier alpha value is -2.80. The minimum atomic E-state index is 0.270. The monoisotopic (exact) mass is 336 g/mol. The topological polar surface area (TPSA) is 77.8 Å². The molecule has 1 unspecified atom stereocenters. The normalized spacial score (nSPS) is 16.9. The summed E-state index contributed by atoms with van der Waals surface area (Å²) in [7, 11) is 0. The molecule has 1 N–H and O–H groups in total. The maximum Gasteiger partial charge on any atom is 0.134 e. The fraction of sp³-hybridized carbons (Fsp3) is 0.333. The molecule has 128 valence electrons. The Bertz CT molecular complexity index is 842. The molecule has 4 heterocycles. The predicted molar refractivity (Wildman–Crippen MR) is 94.5 cm³/mol. The smallest absolute Gasteiger partial charge is 0.134 e. The minimum Gasteiger partial charge on any atom is -0.376 e. The lowest BCUT2D eigenvalue weighted by atomic mass is 10.2. The summed E-state index contributed by atoms with van der Waals surface area (Å²) in [6.45, 7) is 3.52. The zero-order valence-electron chi connectivity index (χ0n) is 14.1.